The van der Waals surface area contributed by atoms with Gasteiger partial charge in [-0.25, -0.2) is 8.42 Å². The summed E-state index contributed by atoms with van der Waals surface area (Å²) >= 11 is 0. The van der Waals surface area contributed by atoms with E-state index in [0.29, 0.717) is 11.3 Å². The summed E-state index contributed by atoms with van der Waals surface area (Å²) < 4.78 is 33.8. The highest BCUT2D eigenvalue weighted by Gasteiger charge is 2.26. The minimum absolute atomic E-state index is 0.0551. The van der Waals surface area contributed by atoms with Gasteiger partial charge in [0.15, 0.2) is 0 Å². The molecule has 0 aliphatic rings. The van der Waals surface area contributed by atoms with Crippen LogP contribution in [0, 0.1) is 20.8 Å². The van der Waals surface area contributed by atoms with Crippen molar-refractivity contribution in [2.75, 3.05) is 7.11 Å². The summed E-state index contributed by atoms with van der Waals surface area (Å²) in [6.07, 6.45) is 0. The van der Waals surface area contributed by atoms with Gasteiger partial charge in [-0.2, -0.15) is 4.31 Å². The van der Waals surface area contributed by atoms with Crippen LogP contribution in [0.2, 0.25) is 0 Å². The highest BCUT2D eigenvalue weighted by molar-refractivity contribution is 7.89. The molecule has 0 saturated carbocycles. The van der Waals surface area contributed by atoms with Crippen LogP contribution >= 0.6 is 0 Å². The first kappa shape index (κ1) is 23.7. The van der Waals surface area contributed by atoms with E-state index in [1.165, 1.54) is 4.31 Å². The highest BCUT2D eigenvalue weighted by atomic mass is 32.2. The third-order valence-corrected chi connectivity index (χ3v) is 7.96. The number of sulfonamides is 1. The molecule has 1 heterocycles. The fourth-order valence-corrected chi connectivity index (χ4v) is 5.30. The normalized spacial score (nSPS) is 11.8. The van der Waals surface area contributed by atoms with Crippen LogP contribution in [0.3, 0.4) is 0 Å². The number of hydrogen-bond acceptors (Lipinski definition) is 4. The Morgan fingerprint density at radius 3 is 2.21 bits per heavy atom. The monoisotopic (exact) mass is 476 g/mol. The molecule has 0 atom stereocenters. The maximum absolute atomic E-state index is 13.6. The summed E-state index contributed by atoms with van der Waals surface area (Å²) in [5.74, 6) is 0.688. The molecule has 1 aromatic heterocycles. The Hall–Kier alpha value is -3.42. The van der Waals surface area contributed by atoms with E-state index in [1.54, 1.807) is 49.6 Å². The number of aromatic amines is 1. The minimum atomic E-state index is -3.87. The summed E-state index contributed by atoms with van der Waals surface area (Å²) in [5, 5.41) is 0.870. The SMILES string of the molecule is COc1ccc(CN(Cc2cc3ccc(C)c(C)c3[nH]c2=O)S(=O)(=O)c2ccc(C)cc2)cc1. The molecular weight excluding hydrogens is 448 g/mol. The largest absolute Gasteiger partial charge is 0.497 e. The number of ether oxygens (including phenoxy) is 1. The molecular formula is C27H28N2O4S. The van der Waals surface area contributed by atoms with Crippen molar-refractivity contribution in [1.82, 2.24) is 9.29 Å². The van der Waals surface area contributed by atoms with Gasteiger partial charge in [-0.05, 0) is 73.2 Å². The molecule has 0 saturated heterocycles. The van der Waals surface area contributed by atoms with Crippen LogP contribution < -0.4 is 10.3 Å². The van der Waals surface area contributed by atoms with Gasteiger partial charge in [0.1, 0.15) is 5.75 Å². The Morgan fingerprint density at radius 2 is 1.56 bits per heavy atom. The molecule has 1 N–H and O–H groups in total. The molecule has 6 nitrogen and oxygen atoms in total. The average molecular weight is 477 g/mol. The summed E-state index contributed by atoms with van der Waals surface area (Å²) in [5.41, 5.74) is 4.72. The predicted molar refractivity (Wildman–Crippen MR) is 135 cm³/mol. The number of aromatic nitrogens is 1. The molecule has 0 bridgehead atoms. The van der Waals surface area contributed by atoms with Crippen molar-refractivity contribution < 1.29 is 13.2 Å². The van der Waals surface area contributed by atoms with Gasteiger partial charge in [0, 0.05) is 18.7 Å². The van der Waals surface area contributed by atoms with E-state index in [9.17, 15) is 13.2 Å². The van der Waals surface area contributed by atoms with E-state index < -0.39 is 10.0 Å². The summed E-state index contributed by atoms with van der Waals surface area (Å²) in [6, 6.07) is 19.7. The lowest BCUT2D eigenvalue weighted by Crippen LogP contribution is -2.32. The van der Waals surface area contributed by atoms with Crippen LogP contribution in [-0.2, 0) is 23.1 Å². The van der Waals surface area contributed by atoms with Crippen molar-refractivity contribution in [1.29, 1.82) is 0 Å². The fraction of sp³-hybridized carbons (Fsp3) is 0.222. The zero-order valence-corrected chi connectivity index (χ0v) is 20.6. The smallest absolute Gasteiger partial charge is 0.252 e. The topological polar surface area (TPSA) is 79.5 Å². The van der Waals surface area contributed by atoms with Gasteiger partial charge in [0.25, 0.3) is 5.56 Å². The number of hydrogen-bond donors (Lipinski definition) is 1. The van der Waals surface area contributed by atoms with Crippen molar-refractivity contribution in [3.8, 4) is 5.75 Å². The van der Waals surface area contributed by atoms with Gasteiger partial charge in [0.2, 0.25) is 10.0 Å². The van der Waals surface area contributed by atoms with Crippen LogP contribution in [0.25, 0.3) is 10.9 Å². The number of aryl methyl sites for hydroxylation is 3. The molecule has 0 spiro atoms. The van der Waals surface area contributed by atoms with Crippen molar-refractivity contribution in [2.45, 2.75) is 38.8 Å². The molecule has 4 rings (SSSR count). The lowest BCUT2D eigenvalue weighted by Gasteiger charge is -2.23. The Balaban J connectivity index is 1.77. The molecule has 0 amide bonds. The number of fused-ring (bicyclic) bond motifs is 1. The minimum Gasteiger partial charge on any atom is -0.497 e. The van der Waals surface area contributed by atoms with Crippen LogP contribution in [0.4, 0.5) is 0 Å². The maximum atomic E-state index is 13.6. The van der Waals surface area contributed by atoms with Crippen molar-refractivity contribution >= 4 is 20.9 Å². The number of nitrogens with one attached hydrogen (secondary N) is 1. The first-order valence-corrected chi connectivity index (χ1v) is 12.4. The summed E-state index contributed by atoms with van der Waals surface area (Å²) in [6.45, 7) is 5.92. The number of nitrogens with zero attached hydrogens (tertiary/aromatic N) is 1. The fourth-order valence-electron chi connectivity index (χ4n) is 3.90. The standard InChI is InChI=1S/C27H28N2O4S/c1-18-5-13-25(14-6-18)34(31,32)29(16-21-8-11-24(33-4)12-9-21)17-23-15-22-10-7-19(2)20(3)26(22)28-27(23)30/h5-15H,16-17H2,1-4H3,(H,28,30). The third kappa shape index (κ3) is 4.76. The Kier molecular flexibility index (Phi) is 6.59. The molecule has 0 unspecified atom stereocenters. The second-order valence-electron chi connectivity index (χ2n) is 8.53. The highest BCUT2D eigenvalue weighted by Crippen LogP contribution is 2.24. The molecule has 3 aromatic carbocycles. The zero-order chi connectivity index (χ0) is 24.5. The van der Waals surface area contributed by atoms with Gasteiger partial charge < -0.3 is 9.72 Å². The van der Waals surface area contributed by atoms with E-state index in [0.717, 1.165) is 33.2 Å². The Bertz CT molecular complexity index is 1490. The van der Waals surface area contributed by atoms with Gasteiger partial charge in [-0.15, -0.1) is 0 Å². The predicted octanol–water partition coefficient (Wildman–Crippen LogP) is 4.85. The van der Waals surface area contributed by atoms with Crippen molar-refractivity contribution in [3.63, 3.8) is 0 Å². The first-order valence-electron chi connectivity index (χ1n) is 11.0. The van der Waals surface area contributed by atoms with E-state index in [2.05, 4.69) is 4.98 Å². The van der Waals surface area contributed by atoms with Gasteiger partial charge in [-0.1, -0.05) is 42.0 Å². The lowest BCUT2D eigenvalue weighted by molar-refractivity contribution is 0.398. The second-order valence-corrected chi connectivity index (χ2v) is 10.5. The number of benzene rings is 3. The molecule has 176 valence electrons. The lowest BCUT2D eigenvalue weighted by atomic mass is 10.0. The molecule has 7 heteroatoms. The van der Waals surface area contributed by atoms with E-state index in [4.69, 9.17) is 4.74 Å². The third-order valence-electron chi connectivity index (χ3n) is 6.15. The number of H-pyrrole nitrogens is 1. The van der Waals surface area contributed by atoms with Crippen LogP contribution in [0.1, 0.15) is 27.8 Å². The second kappa shape index (κ2) is 9.44. The van der Waals surface area contributed by atoms with Gasteiger partial charge in [0.05, 0.1) is 17.5 Å². The van der Waals surface area contributed by atoms with Crippen molar-refractivity contribution in [2.24, 2.45) is 0 Å². The van der Waals surface area contributed by atoms with Crippen LogP contribution in [0.15, 0.2) is 76.4 Å². The maximum Gasteiger partial charge on any atom is 0.252 e. The summed E-state index contributed by atoms with van der Waals surface area (Å²) in [7, 11) is -2.28. The van der Waals surface area contributed by atoms with E-state index in [1.807, 2.05) is 45.0 Å². The Morgan fingerprint density at radius 1 is 0.882 bits per heavy atom. The number of pyridine rings is 1. The summed E-state index contributed by atoms with van der Waals surface area (Å²) in [4.78, 5) is 16.1. The number of rotatable bonds is 7. The first-order chi connectivity index (χ1) is 16.2. The Labute approximate surface area is 199 Å². The van der Waals surface area contributed by atoms with Gasteiger partial charge in [-0.3, -0.25) is 4.79 Å². The molecule has 4 aromatic rings. The molecule has 0 aliphatic carbocycles. The number of methoxy groups -OCH3 is 1. The van der Waals surface area contributed by atoms with Crippen LogP contribution in [0.5, 0.6) is 5.75 Å². The quantitative estimate of drug-likeness (QED) is 0.413. The van der Waals surface area contributed by atoms with E-state index >= 15 is 0 Å². The molecule has 0 fully saturated rings. The molecule has 0 aliphatic heterocycles. The van der Waals surface area contributed by atoms with Crippen molar-refractivity contribution in [3.05, 3.63) is 105 Å². The zero-order valence-electron chi connectivity index (χ0n) is 19.8. The van der Waals surface area contributed by atoms with E-state index in [-0.39, 0.29) is 23.5 Å². The molecule has 0 radical (unpaired) electrons. The molecule has 34 heavy (non-hydrogen) atoms. The van der Waals surface area contributed by atoms with Crippen LogP contribution in [-0.4, -0.2) is 24.8 Å². The average Bonchev–Trinajstić information content (AvgIpc) is 2.83. The van der Waals surface area contributed by atoms with Gasteiger partial charge >= 0.3 is 0 Å².